The molecule has 0 fully saturated rings. The number of rotatable bonds is 2. The molecule has 0 aromatic carbocycles. The maximum absolute atomic E-state index is 5.74. The monoisotopic (exact) mass is 237 g/mol. The van der Waals surface area contributed by atoms with Gasteiger partial charge in [0.15, 0.2) is 0 Å². The fourth-order valence-corrected chi connectivity index (χ4v) is 1.80. The summed E-state index contributed by atoms with van der Waals surface area (Å²) in [6, 6.07) is 5.70. The summed E-state index contributed by atoms with van der Waals surface area (Å²) in [6.07, 6.45) is 10.5. The van der Waals surface area contributed by atoms with Gasteiger partial charge in [0.2, 0.25) is 0 Å². The van der Waals surface area contributed by atoms with Crippen LogP contribution in [0.15, 0.2) is 55.4 Å². The minimum absolute atomic E-state index is 0.623. The van der Waals surface area contributed by atoms with Crippen LogP contribution < -0.4 is 5.73 Å². The lowest BCUT2D eigenvalue weighted by Crippen LogP contribution is -1.98. The van der Waals surface area contributed by atoms with Gasteiger partial charge in [-0.15, -0.1) is 0 Å². The fraction of sp³-hybridized carbons (Fsp3) is 0. The SMILES string of the molecule is Nc1cncc(-n2ccnc2-c2cccnc2)c1. The highest BCUT2D eigenvalue weighted by molar-refractivity contribution is 5.58. The summed E-state index contributed by atoms with van der Waals surface area (Å²) in [4.78, 5) is 12.5. The van der Waals surface area contributed by atoms with Crippen molar-refractivity contribution in [3.8, 4) is 17.1 Å². The van der Waals surface area contributed by atoms with Crippen LogP contribution in [0, 0.1) is 0 Å². The van der Waals surface area contributed by atoms with E-state index in [0.717, 1.165) is 17.1 Å². The highest BCUT2D eigenvalue weighted by Crippen LogP contribution is 2.20. The van der Waals surface area contributed by atoms with Crippen LogP contribution >= 0.6 is 0 Å². The van der Waals surface area contributed by atoms with Crippen molar-refractivity contribution in [3.05, 3.63) is 55.4 Å². The summed E-state index contributed by atoms with van der Waals surface area (Å²) in [7, 11) is 0. The molecule has 5 nitrogen and oxygen atoms in total. The second kappa shape index (κ2) is 4.29. The van der Waals surface area contributed by atoms with Crippen LogP contribution in [0.5, 0.6) is 0 Å². The van der Waals surface area contributed by atoms with Gasteiger partial charge < -0.3 is 5.73 Å². The lowest BCUT2D eigenvalue weighted by atomic mass is 10.2. The highest BCUT2D eigenvalue weighted by Gasteiger charge is 2.07. The molecule has 0 aliphatic heterocycles. The smallest absolute Gasteiger partial charge is 0.146 e. The van der Waals surface area contributed by atoms with E-state index in [9.17, 15) is 0 Å². The van der Waals surface area contributed by atoms with E-state index in [-0.39, 0.29) is 0 Å². The third kappa shape index (κ3) is 1.82. The molecule has 0 aliphatic carbocycles. The zero-order valence-electron chi connectivity index (χ0n) is 9.56. The van der Waals surface area contributed by atoms with E-state index < -0.39 is 0 Å². The summed E-state index contributed by atoms with van der Waals surface area (Å²) >= 11 is 0. The van der Waals surface area contributed by atoms with Gasteiger partial charge in [-0.25, -0.2) is 4.98 Å². The van der Waals surface area contributed by atoms with Crippen LogP contribution in [0.25, 0.3) is 17.1 Å². The number of pyridine rings is 2. The van der Waals surface area contributed by atoms with Crippen molar-refractivity contribution in [3.63, 3.8) is 0 Å². The minimum atomic E-state index is 0.623. The van der Waals surface area contributed by atoms with Gasteiger partial charge in [-0.2, -0.15) is 0 Å². The van der Waals surface area contributed by atoms with Gasteiger partial charge in [-0.05, 0) is 18.2 Å². The van der Waals surface area contributed by atoms with E-state index in [2.05, 4.69) is 15.0 Å². The molecule has 3 heterocycles. The van der Waals surface area contributed by atoms with Crippen molar-refractivity contribution in [2.45, 2.75) is 0 Å². The predicted molar refractivity (Wildman–Crippen MR) is 69.0 cm³/mol. The Balaban J connectivity index is 2.13. The zero-order valence-corrected chi connectivity index (χ0v) is 9.56. The summed E-state index contributed by atoms with van der Waals surface area (Å²) in [5.41, 5.74) is 8.20. The second-order valence-electron chi connectivity index (χ2n) is 3.84. The van der Waals surface area contributed by atoms with Gasteiger partial charge in [0.05, 0.1) is 17.6 Å². The molecule has 0 radical (unpaired) electrons. The van der Waals surface area contributed by atoms with Crippen LogP contribution in [0.4, 0.5) is 5.69 Å². The molecule has 0 unspecified atom stereocenters. The Morgan fingerprint density at radius 1 is 1.06 bits per heavy atom. The molecule has 0 amide bonds. The Bertz CT molecular complexity index is 660. The molecule has 3 aromatic heterocycles. The molecule has 0 aliphatic rings. The number of nitrogens with two attached hydrogens (primary N) is 1. The molecule has 0 spiro atoms. The molecule has 0 saturated heterocycles. The molecule has 0 saturated carbocycles. The molecule has 88 valence electrons. The minimum Gasteiger partial charge on any atom is -0.397 e. The van der Waals surface area contributed by atoms with Crippen LogP contribution in [0.2, 0.25) is 0 Å². The van der Waals surface area contributed by atoms with Gasteiger partial charge in [0, 0.05) is 36.5 Å². The quantitative estimate of drug-likeness (QED) is 0.739. The lowest BCUT2D eigenvalue weighted by Gasteiger charge is -2.07. The Morgan fingerprint density at radius 3 is 2.78 bits per heavy atom. The largest absolute Gasteiger partial charge is 0.397 e. The number of aromatic nitrogens is 4. The third-order valence-electron chi connectivity index (χ3n) is 2.58. The first-order valence-electron chi connectivity index (χ1n) is 5.49. The number of hydrogen-bond donors (Lipinski definition) is 1. The van der Waals surface area contributed by atoms with E-state index in [1.807, 2.05) is 29.0 Å². The van der Waals surface area contributed by atoms with Gasteiger partial charge in [-0.3, -0.25) is 14.5 Å². The van der Waals surface area contributed by atoms with Crippen molar-refractivity contribution >= 4 is 5.69 Å². The Kier molecular flexibility index (Phi) is 2.49. The number of hydrogen-bond acceptors (Lipinski definition) is 4. The summed E-state index contributed by atoms with van der Waals surface area (Å²) < 4.78 is 1.93. The van der Waals surface area contributed by atoms with Gasteiger partial charge in [0.1, 0.15) is 5.82 Å². The standard InChI is InChI=1S/C13H11N5/c14-11-6-12(9-16-8-11)18-5-4-17-13(18)10-2-1-3-15-7-10/h1-9H,14H2. The first-order valence-corrected chi connectivity index (χ1v) is 5.49. The maximum atomic E-state index is 5.74. The van der Waals surface area contributed by atoms with Gasteiger partial charge >= 0.3 is 0 Å². The van der Waals surface area contributed by atoms with Crippen LogP contribution in [-0.4, -0.2) is 19.5 Å². The number of anilines is 1. The predicted octanol–water partition coefficient (Wildman–Crippen LogP) is 1.91. The molecule has 3 rings (SSSR count). The molecule has 0 bridgehead atoms. The van der Waals surface area contributed by atoms with Crippen LogP contribution in [0.1, 0.15) is 0 Å². The second-order valence-corrected chi connectivity index (χ2v) is 3.84. The normalized spacial score (nSPS) is 10.4. The summed E-state index contributed by atoms with van der Waals surface area (Å²) in [6.45, 7) is 0. The van der Waals surface area contributed by atoms with E-state index >= 15 is 0 Å². The third-order valence-corrected chi connectivity index (χ3v) is 2.58. The van der Waals surface area contributed by atoms with E-state index in [0.29, 0.717) is 5.69 Å². The van der Waals surface area contributed by atoms with Gasteiger partial charge in [0.25, 0.3) is 0 Å². The fourth-order valence-electron chi connectivity index (χ4n) is 1.80. The molecule has 18 heavy (non-hydrogen) atoms. The molecule has 2 N–H and O–H groups in total. The number of nitrogen functional groups attached to an aromatic ring is 1. The first kappa shape index (κ1) is 10.5. The maximum Gasteiger partial charge on any atom is 0.146 e. The van der Waals surface area contributed by atoms with E-state index in [1.165, 1.54) is 0 Å². The first-order chi connectivity index (χ1) is 8.84. The molecular weight excluding hydrogens is 226 g/mol. The summed E-state index contributed by atoms with van der Waals surface area (Å²) in [5.74, 6) is 0.815. The van der Waals surface area contributed by atoms with Crippen LogP contribution in [-0.2, 0) is 0 Å². The van der Waals surface area contributed by atoms with E-state index in [1.54, 1.807) is 31.0 Å². The topological polar surface area (TPSA) is 69.6 Å². The average Bonchev–Trinajstić information content (AvgIpc) is 2.89. The Hall–Kier alpha value is -2.69. The zero-order chi connectivity index (χ0) is 12.4. The molecular formula is C13H11N5. The van der Waals surface area contributed by atoms with Crippen molar-refractivity contribution in [2.24, 2.45) is 0 Å². The average molecular weight is 237 g/mol. The molecule has 0 atom stereocenters. The lowest BCUT2D eigenvalue weighted by molar-refractivity contribution is 1.05. The molecule has 5 heteroatoms. The Labute approximate surface area is 104 Å². The van der Waals surface area contributed by atoms with Gasteiger partial charge in [-0.1, -0.05) is 0 Å². The van der Waals surface area contributed by atoms with Crippen molar-refractivity contribution < 1.29 is 0 Å². The molecule has 3 aromatic rings. The number of imidazole rings is 1. The number of nitrogens with zero attached hydrogens (tertiary/aromatic N) is 4. The van der Waals surface area contributed by atoms with Crippen molar-refractivity contribution in [1.82, 2.24) is 19.5 Å². The van der Waals surface area contributed by atoms with Crippen molar-refractivity contribution in [1.29, 1.82) is 0 Å². The van der Waals surface area contributed by atoms with Crippen LogP contribution in [0.3, 0.4) is 0 Å². The Morgan fingerprint density at radius 2 is 2.00 bits per heavy atom. The van der Waals surface area contributed by atoms with E-state index in [4.69, 9.17) is 5.73 Å². The van der Waals surface area contributed by atoms with Crippen molar-refractivity contribution in [2.75, 3.05) is 5.73 Å². The summed E-state index contributed by atoms with van der Waals surface area (Å²) in [5, 5.41) is 0. The highest BCUT2D eigenvalue weighted by atomic mass is 15.1.